The molecule has 0 spiro atoms. The molecule has 5 nitrogen and oxygen atoms in total. The second-order valence-electron chi connectivity index (χ2n) is 4.29. The van der Waals surface area contributed by atoms with Gasteiger partial charge in [-0.15, -0.1) is 0 Å². The van der Waals surface area contributed by atoms with Crippen LogP contribution in [0.3, 0.4) is 0 Å². The Morgan fingerprint density at radius 3 is 2.68 bits per heavy atom. The van der Waals surface area contributed by atoms with Crippen LogP contribution in [0.25, 0.3) is 0 Å². The van der Waals surface area contributed by atoms with E-state index in [0.717, 1.165) is 6.07 Å². The van der Waals surface area contributed by atoms with Gasteiger partial charge in [-0.25, -0.2) is 5.10 Å². The first-order valence-electron chi connectivity index (χ1n) is 5.82. The van der Waals surface area contributed by atoms with Gasteiger partial charge in [-0.2, -0.15) is 18.3 Å². The van der Waals surface area contributed by atoms with Crippen molar-refractivity contribution in [2.75, 3.05) is 18.0 Å². The number of aromatic amines is 1. The van der Waals surface area contributed by atoms with Crippen molar-refractivity contribution >= 4 is 13.3 Å². The van der Waals surface area contributed by atoms with Crippen molar-refractivity contribution < 1.29 is 18.2 Å². The van der Waals surface area contributed by atoms with Gasteiger partial charge in [0.25, 0.3) is 13.0 Å². The highest BCUT2D eigenvalue weighted by Gasteiger charge is 2.35. The Kier molecular flexibility index (Phi) is 4.99. The smallest absolute Gasteiger partial charge is 0.421 e. The molecule has 19 heavy (non-hydrogen) atoms. The molecule has 1 rings (SSSR count). The van der Waals surface area contributed by atoms with Crippen LogP contribution in [0.1, 0.15) is 19.4 Å². The van der Waals surface area contributed by atoms with E-state index in [1.165, 1.54) is 0 Å². The second kappa shape index (κ2) is 6.09. The quantitative estimate of drug-likeness (QED) is 0.780. The molecule has 2 N–H and O–H groups in total. The van der Waals surface area contributed by atoms with Crippen LogP contribution in [0, 0.1) is 0 Å². The number of H-pyrrole nitrogens is 1. The van der Waals surface area contributed by atoms with Crippen LogP contribution in [0.15, 0.2) is 10.9 Å². The molecule has 9 heteroatoms. The average molecular weight is 277 g/mol. The standard InChI is InChI=1S/C10H15BF3N3O2/c1-3-17(5-6(2)11-19)8-4-7(10(12,13)14)9(18)16-15-8/h4,6,11,19H,3,5H2,1-2H3,(H,16,18)/t6-/m1/s1. The third kappa shape index (κ3) is 3.98. The molecule has 1 atom stereocenters. The summed E-state index contributed by atoms with van der Waals surface area (Å²) in [6, 6.07) is 0.729. The van der Waals surface area contributed by atoms with E-state index in [2.05, 4.69) is 5.10 Å². The third-order valence-electron chi connectivity index (χ3n) is 2.64. The first kappa shape index (κ1) is 15.6. The highest BCUT2D eigenvalue weighted by Crippen LogP contribution is 2.28. The molecule has 0 fully saturated rings. The van der Waals surface area contributed by atoms with E-state index in [1.54, 1.807) is 18.7 Å². The summed E-state index contributed by atoms with van der Waals surface area (Å²) in [6.45, 7) is 4.28. The zero-order chi connectivity index (χ0) is 14.6. The lowest BCUT2D eigenvalue weighted by Gasteiger charge is -2.24. The Morgan fingerprint density at radius 1 is 1.58 bits per heavy atom. The fourth-order valence-electron chi connectivity index (χ4n) is 1.59. The summed E-state index contributed by atoms with van der Waals surface area (Å²) in [5.74, 6) is -0.0715. The molecule has 0 amide bonds. The van der Waals surface area contributed by atoms with Gasteiger partial charge in [0.15, 0.2) is 0 Å². The molecule has 1 aromatic rings. The zero-order valence-corrected chi connectivity index (χ0v) is 10.7. The van der Waals surface area contributed by atoms with Crippen molar-refractivity contribution in [2.45, 2.75) is 25.8 Å². The van der Waals surface area contributed by atoms with E-state index in [4.69, 9.17) is 5.02 Å². The minimum absolute atomic E-state index is 0.0368. The molecule has 1 heterocycles. The van der Waals surface area contributed by atoms with Gasteiger partial charge < -0.3 is 9.92 Å². The maximum absolute atomic E-state index is 12.6. The number of alkyl halides is 3. The minimum atomic E-state index is -4.72. The Morgan fingerprint density at radius 2 is 2.21 bits per heavy atom. The Labute approximate surface area is 108 Å². The average Bonchev–Trinajstić information content (AvgIpc) is 2.35. The molecule has 0 aliphatic carbocycles. The van der Waals surface area contributed by atoms with Crippen molar-refractivity contribution in [2.24, 2.45) is 0 Å². The lowest BCUT2D eigenvalue weighted by molar-refractivity contribution is -0.138. The number of anilines is 1. The van der Waals surface area contributed by atoms with Crippen LogP contribution in [-0.4, -0.2) is 35.8 Å². The van der Waals surface area contributed by atoms with E-state index in [9.17, 15) is 18.0 Å². The van der Waals surface area contributed by atoms with Gasteiger partial charge >= 0.3 is 6.18 Å². The van der Waals surface area contributed by atoms with Gasteiger partial charge in [0.05, 0.1) is 0 Å². The van der Waals surface area contributed by atoms with Crippen molar-refractivity contribution in [1.29, 1.82) is 0 Å². The Balaban J connectivity index is 3.09. The first-order chi connectivity index (χ1) is 8.79. The van der Waals surface area contributed by atoms with Crippen LogP contribution < -0.4 is 10.5 Å². The fraction of sp³-hybridized carbons (Fsp3) is 0.600. The monoisotopic (exact) mass is 277 g/mol. The van der Waals surface area contributed by atoms with Crippen LogP contribution in [0.2, 0.25) is 5.82 Å². The van der Waals surface area contributed by atoms with Crippen LogP contribution in [0.4, 0.5) is 19.0 Å². The van der Waals surface area contributed by atoms with Gasteiger partial charge in [-0.1, -0.05) is 6.92 Å². The minimum Gasteiger partial charge on any atom is -0.454 e. The molecule has 0 saturated carbocycles. The Hall–Kier alpha value is -1.51. The van der Waals surface area contributed by atoms with E-state index < -0.39 is 17.3 Å². The van der Waals surface area contributed by atoms with E-state index in [-0.39, 0.29) is 19.1 Å². The molecule has 0 aliphatic heterocycles. The topological polar surface area (TPSA) is 69.2 Å². The van der Waals surface area contributed by atoms with Crippen molar-refractivity contribution in [3.8, 4) is 0 Å². The molecule has 0 saturated heterocycles. The molecule has 1 aromatic heterocycles. The molecule has 0 radical (unpaired) electrons. The predicted molar refractivity (Wildman–Crippen MR) is 66.5 cm³/mol. The fourth-order valence-corrected chi connectivity index (χ4v) is 1.59. The molecule has 0 aromatic carbocycles. The maximum Gasteiger partial charge on any atom is 0.421 e. The summed E-state index contributed by atoms with van der Waals surface area (Å²) in [5.41, 5.74) is -2.53. The number of rotatable bonds is 5. The van der Waals surface area contributed by atoms with Gasteiger partial charge in [0.1, 0.15) is 11.4 Å². The van der Waals surface area contributed by atoms with Crippen molar-refractivity contribution in [3.63, 3.8) is 0 Å². The van der Waals surface area contributed by atoms with Gasteiger partial charge in [-0.3, -0.25) is 4.79 Å². The Bertz CT molecular complexity index is 478. The highest BCUT2D eigenvalue weighted by atomic mass is 19.4. The number of hydrogen-bond donors (Lipinski definition) is 2. The summed E-state index contributed by atoms with van der Waals surface area (Å²) in [7, 11) is -0.0774. The van der Waals surface area contributed by atoms with Gasteiger partial charge in [-0.05, 0) is 12.7 Å². The molecule has 0 unspecified atom stereocenters. The van der Waals surface area contributed by atoms with Gasteiger partial charge in [0.2, 0.25) is 0 Å². The number of nitrogens with zero attached hydrogens (tertiary/aromatic N) is 2. The predicted octanol–water partition coefficient (Wildman–Crippen LogP) is 0.767. The summed E-state index contributed by atoms with van der Waals surface area (Å²) in [6.07, 6.45) is -4.72. The van der Waals surface area contributed by atoms with Crippen LogP contribution in [0.5, 0.6) is 0 Å². The lowest BCUT2D eigenvalue weighted by atomic mass is 9.82. The number of hydrogen-bond acceptors (Lipinski definition) is 4. The van der Waals surface area contributed by atoms with E-state index >= 15 is 0 Å². The highest BCUT2D eigenvalue weighted by molar-refractivity contribution is 6.27. The first-order valence-corrected chi connectivity index (χ1v) is 5.82. The normalized spacial score (nSPS) is 13.2. The summed E-state index contributed by atoms with van der Waals surface area (Å²) in [5, 5.41) is 14.4. The number of halogens is 3. The van der Waals surface area contributed by atoms with E-state index in [0.29, 0.717) is 13.1 Å². The molecule has 0 bridgehead atoms. The van der Waals surface area contributed by atoms with Crippen molar-refractivity contribution in [1.82, 2.24) is 10.2 Å². The SMILES string of the molecule is CCN(C[C@@H](C)BO)c1cc(C(F)(F)F)c(=O)[nH]n1. The largest absolute Gasteiger partial charge is 0.454 e. The molecular formula is C10H15BF3N3O2. The molecular weight excluding hydrogens is 262 g/mol. The summed E-state index contributed by atoms with van der Waals surface area (Å²) >= 11 is 0. The number of aromatic nitrogens is 2. The molecule has 0 aliphatic rings. The lowest BCUT2D eigenvalue weighted by Crippen LogP contribution is -2.31. The second-order valence-corrected chi connectivity index (χ2v) is 4.29. The van der Waals surface area contributed by atoms with Crippen molar-refractivity contribution in [3.05, 3.63) is 22.0 Å². The maximum atomic E-state index is 12.6. The summed E-state index contributed by atoms with van der Waals surface area (Å²) in [4.78, 5) is 12.7. The summed E-state index contributed by atoms with van der Waals surface area (Å²) < 4.78 is 37.9. The van der Waals surface area contributed by atoms with Crippen LogP contribution >= 0.6 is 0 Å². The number of nitrogens with one attached hydrogen (secondary N) is 1. The zero-order valence-electron chi connectivity index (χ0n) is 10.7. The molecule has 106 valence electrons. The van der Waals surface area contributed by atoms with Crippen LogP contribution in [-0.2, 0) is 6.18 Å². The van der Waals surface area contributed by atoms with E-state index in [1.807, 2.05) is 5.10 Å². The van der Waals surface area contributed by atoms with Gasteiger partial charge in [0, 0.05) is 19.2 Å². The third-order valence-corrected chi connectivity index (χ3v) is 2.64.